The average molecular weight is 167 g/mol. The number of rotatable bonds is 2. The molecule has 2 nitrogen and oxygen atoms in total. The van der Waals surface area contributed by atoms with Crippen LogP contribution in [0.25, 0.3) is 0 Å². The van der Waals surface area contributed by atoms with E-state index in [1.807, 2.05) is 37.3 Å². The third kappa shape index (κ3) is 3.51. The first-order valence-electron chi connectivity index (χ1n) is 4.15. The van der Waals surface area contributed by atoms with Crippen molar-refractivity contribution in [1.29, 1.82) is 0 Å². The summed E-state index contributed by atoms with van der Waals surface area (Å²) in [6, 6.07) is 9.70. The molecule has 2 heteroatoms. The summed E-state index contributed by atoms with van der Waals surface area (Å²) >= 11 is 0. The second kappa shape index (κ2) is 6.83. The molecule has 0 heterocycles. The molecule has 0 saturated heterocycles. The molecule has 0 amide bonds. The molecule has 68 valence electrons. The standard InChI is InChI=1S/C9H12O.CH5N/c1-2-9(10)8-6-4-3-5-7-8;1-2/h3-7,9-10H,2H2,1H3;2H2,1H3. The number of hydrogen-bond donors (Lipinski definition) is 2. The van der Waals surface area contributed by atoms with Gasteiger partial charge in [-0.15, -0.1) is 0 Å². The lowest BCUT2D eigenvalue weighted by Gasteiger charge is -2.05. The smallest absolute Gasteiger partial charge is 0.0787 e. The van der Waals surface area contributed by atoms with Gasteiger partial charge in [0.15, 0.2) is 0 Å². The Morgan fingerprint density at radius 1 is 1.25 bits per heavy atom. The molecule has 0 aliphatic carbocycles. The van der Waals surface area contributed by atoms with E-state index in [9.17, 15) is 5.11 Å². The van der Waals surface area contributed by atoms with Crippen LogP contribution in [-0.2, 0) is 0 Å². The first kappa shape index (κ1) is 11.1. The Morgan fingerprint density at radius 2 is 1.75 bits per heavy atom. The number of benzene rings is 1. The lowest BCUT2D eigenvalue weighted by molar-refractivity contribution is 0.173. The normalized spacial score (nSPS) is 11.3. The Bertz CT molecular complexity index is 186. The second-order valence-electron chi connectivity index (χ2n) is 2.33. The van der Waals surface area contributed by atoms with Crippen molar-refractivity contribution in [3.63, 3.8) is 0 Å². The minimum atomic E-state index is -0.291. The molecule has 0 radical (unpaired) electrons. The van der Waals surface area contributed by atoms with Crippen LogP contribution in [0, 0.1) is 0 Å². The van der Waals surface area contributed by atoms with Gasteiger partial charge < -0.3 is 10.8 Å². The van der Waals surface area contributed by atoms with Crippen molar-refractivity contribution in [3.8, 4) is 0 Å². The topological polar surface area (TPSA) is 46.2 Å². The van der Waals surface area contributed by atoms with Gasteiger partial charge in [0.05, 0.1) is 6.10 Å². The van der Waals surface area contributed by atoms with Crippen molar-refractivity contribution in [2.24, 2.45) is 5.73 Å². The van der Waals surface area contributed by atoms with Crippen molar-refractivity contribution in [3.05, 3.63) is 35.9 Å². The summed E-state index contributed by atoms with van der Waals surface area (Å²) in [5.74, 6) is 0. The molecular weight excluding hydrogens is 150 g/mol. The Morgan fingerprint density at radius 3 is 2.17 bits per heavy atom. The molecule has 1 atom stereocenters. The van der Waals surface area contributed by atoms with Crippen LogP contribution in [0.5, 0.6) is 0 Å². The predicted octanol–water partition coefficient (Wildman–Crippen LogP) is 1.70. The van der Waals surface area contributed by atoms with Gasteiger partial charge in [0, 0.05) is 0 Å². The van der Waals surface area contributed by atoms with E-state index < -0.39 is 0 Å². The van der Waals surface area contributed by atoms with Gasteiger partial charge in [0.2, 0.25) is 0 Å². The summed E-state index contributed by atoms with van der Waals surface area (Å²) in [5, 5.41) is 9.33. The van der Waals surface area contributed by atoms with Gasteiger partial charge in [-0.25, -0.2) is 0 Å². The number of hydrogen-bond acceptors (Lipinski definition) is 2. The molecule has 3 N–H and O–H groups in total. The molecule has 0 aliphatic rings. The molecule has 1 aromatic carbocycles. The molecule has 1 unspecified atom stereocenters. The van der Waals surface area contributed by atoms with Crippen LogP contribution in [-0.4, -0.2) is 12.2 Å². The molecule has 1 rings (SSSR count). The second-order valence-corrected chi connectivity index (χ2v) is 2.33. The molecule has 1 aromatic rings. The summed E-state index contributed by atoms with van der Waals surface area (Å²) in [6.07, 6.45) is 0.491. The van der Waals surface area contributed by atoms with E-state index >= 15 is 0 Å². The Hall–Kier alpha value is -0.860. The Labute approximate surface area is 74.0 Å². The highest BCUT2D eigenvalue weighted by Crippen LogP contribution is 2.14. The third-order valence-corrected chi connectivity index (χ3v) is 1.57. The quantitative estimate of drug-likeness (QED) is 0.704. The van der Waals surface area contributed by atoms with E-state index in [2.05, 4.69) is 5.73 Å². The minimum absolute atomic E-state index is 0.291. The van der Waals surface area contributed by atoms with E-state index in [1.165, 1.54) is 7.05 Å². The zero-order valence-corrected chi connectivity index (χ0v) is 7.70. The molecule has 0 aliphatic heterocycles. The van der Waals surface area contributed by atoms with Crippen molar-refractivity contribution < 1.29 is 5.11 Å². The fourth-order valence-corrected chi connectivity index (χ4v) is 0.911. The van der Waals surface area contributed by atoms with Gasteiger partial charge >= 0.3 is 0 Å². The number of nitrogens with two attached hydrogens (primary N) is 1. The van der Waals surface area contributed by atoms with Gasteiger partial charge in [-0.3, -0.25) is 0 Å². The van der Waals surface area contributed by atoms with Crippen molar-refractivity contribution in [2.75, 3.05) is 7.05 Å². The predicted molar refractivity (Wildman–Crippen MR) is 51.8 cm³/mol. The highest BCUT2D eigenvalue weighted by atomic mass is 16.3. The third-order valence-electron chi connectivity index (χ3n) is 1.57. The van der Waals surface area contributed by atoms with Crippen LogP contribution in [0.1, 0.15) is 25.0 Å². The van der Waals surface area contributed by atoms with Crippen LogP contribution in [0.2, 0.25) is 0 Å². The Kier molecular flexibility index (Phi) is 6.34. The number of aliphatic hydroxyl groups excluding tert-OH is 1. The van der Waals surface area contributed by atoms with E-state index in [4.69, 9.17) is 0 Å². The monoisotopic (exact) mass is 167 g/mol. The molecule has 0 saturated carbocycles. The molecule has 0 spiro atoms. The first-order chi connectivity index (χ1) is 5.84. The van der Waals surface area contributed by atoms with Gasteiger partial charge in [-0.05, 0) is 19.0 Å². The van der Waals surface area contributed by atoms with E-state index in [0.717, 1.165) is 12.0 Å². The largest absolute Gasteiger partial charge is 0.388 e. The maximum Gasteiger partial charge on any atom is 0.0787 e. The summed E-state index contributed by atoms with van der Waals surface area (Å²) in [7, 11) is 1.50. The maximum atomic E-state index is 9.33. The SMILES string of the molecule is CCC(O)c1ccccc1.CN. The zero-order chi connectivity index (χ0) is 9.40. The fraction of sp³-hybridized carbons (Fsp3) is 0.400. The van der Waals surface area contributed by atoms with Crippen molar-refractivity contribution in [2.45, 2.75) is 19.4 Å². The van der Waals surface area contributed by atoms with Crippen LogP contribution in [0.4, 0.5) is 0 Å². The zero-order valence-electron chi connectivity index (χ0n) is 7.70. The van der Waals surface area contributed by atoms with Crippen molar-refractivity contribution >= 4 is 0 Å². The summed E-state index contributed by atoms with van der Waals surface area (Å²) in [4.78, 5) is 0. The summed E-state index contributed by atoms with van der Waals surface area (Å²) in [6.45, 7) is 1.97. The van der Waals surface area contributed by atoms with Crippen LogP contribution in [0.3, 0.4) is 0 Å². The van der Waals surface area contributed by atoms with Gasteiger partial charge in [-0.1, -0.05) is 37.3 Å². The lowest BCUT2D eigenvalue weighted by atomic mass is 10.1. The summed E-state index contributed by atoms with van der Waals surface area (Å²) < 4.78 is 0. The molecule has 12 heavy (non-hydrogen) atoms. The number of aliphatic hydroxyl groups is 1. The molecule has 0 bridgehead atoms. The van der Waals surface area contributed by atoms with Gasteiger partial charge in [-0.2, -0.15) is 0 Å². The first-order valence-corrected chi connectivity index (χ1v) is 4.15. The summed E-state index contributed by atoms with van der Waals surface area (Å²) in [5.41, 5.74) is 5.50. The molecular formula is C10H17NO. The van der Waals surface area contributed by atoms with Gasteiger partial charge in [0.25, 0.3) is 0 Å². The lowest BCUT2D eigenvalue weighted by Crippen LogP contribution is -1.93. The molecule has 0 aromatic heterocycles. The van der Waals surface area contributed by atoms with Crippen molar-refractivity contribution in [1.82, 2.24) is 0 Å². The van der Waals surface area contributed by atoms with Gasteiger partial charge in [0.1, 0.15) is 0 Å². The maximum absolute atomic E-state index is 9.33. The average Bonchev–Trinajstić information content (AvgIpc) is 2.21. The minimum Gasteiger partial charge on any atom is -0.388 e. The van der Waals surface area contributed by atoms with E-state index in [1.54, 1.807) is 0 Å². The van der Waals surface area contributed by atoms with Crippen LogP contribution in [0.15, 0.2) is 30.3 Å². The van der Waals surface area contributed by atoms with E-state index in [-0.39, 0.29) is 6.10 Å². The Balaban J connectivity index is 0.000000561. The molecule has 0 fully saturated rings. The highest BCUT2D eigenvalue weighted by Gasteiger charge is 2.00. The van der Waals surface area contributed by atoms with Crippen LogP contribution < -0.4 is 5.73 Å². The fourth-order valence-electron chi connectivity index (χ4n) is 0.911. The van der Waals surface area contributed by atoms with Crippen LogP contribution >= 0.6 is 0 Å². The van der Waals surface area contributed by atoms with E-state index in [0.29, 0.717) is 0 Å². The highest BCUT2D eigenvalue weighted by molar-refractivity contribution is 5.16.